The van der Waals surface area contributed by atoms with Gasteiger partial charge in [-0.1, -0.05) is 98.1 Å². The topological polar surface area (TPSA) is 26.3 Å². The molecule has 0 aromatic heterocycles. The van der Waals surface area contributed by atoms with Crippen molar-refractivity contribution in [2.24, 2.45) is 46.3 Å². The summed E-state index contributed by atoms with van der Waals surface area (Å²) in [6, 6.07) is 0. The molecule has 0 N–H and O–H groups in total. The van der Waals surface area contributed by atoms with Gasteiger partial charge in [-0.15, -0.1) is 0 Å². The summed E-state index contributed by atoms with van der Waals surface area (Å²) in [5.74, 6) is 5.34. The highest BCUT2D eigenvalue weighted by molar-refractivity contribution is 5.69. The van der Waals surface area contributed by atoms with E-state index < -0.39 is 0 Å². The summed E-state index contributed by atoms with van der Waals surface area (Å²) in [5.41, 5.74) is 2.54. The molecule has 0 amide bonds. The normalized spacial score (nSPS) is 37.9. The maximum atomic E-state index is 12.5. The summed E-state index contributed by atoms with van der Waals surface area (Å²) in [5, 5.41) is 0. The molecule has 0 saturated heterocycles. The molecule has 4 rings (SSSR count). The van der Waals surface area contributed by atoms with Gasteiger partial charge in [-0.25, -0.2) is 0 Å². The minimum atomic E-state index is 0.0485. The number of hydrogen-bond donors (Lipinski definition) is 0. The Morgan fingerprint density at radius 1 is 0.946 bits per heavy atom. The highest BCUT2D eigenvalue weighted by Crippen LogP contribution is 2.67. The zero-order valence-corrected chi connectivity index (χ0v) is 25.5. The molecule has 0 aromatic carbocycles. The fraction of sp³-hybridized carbons (Fsp3) is 0.914. The van der Waals surface area contributed by atoms with Gasteiger partial charge in [-0.05, 0) is 97.7 Å². The minimum Gasteiger partial charge on any atom is -0.462 e. The molecule has 0 bridgehead atoms. The number of carbonyl (C=O) groups is 1. The second-order valence-corrected chi connectivity index (χ2v) is 14.8. The predicted molar refractivity (Wildman–Crippen MR) is 156 cm³/mol. The van der Waals surface area contributed by atoms with Crippen molar-refractivity contribution in [3.63, 3.8) is 0 Å². The first-order chi connectivity index (χ1) is 17.7. The van der Waals surface area contributed by atoms with Gasteiger partial charge in [0.05, 0.1) is 0 Å². The summed E-state index contributed by atoms with van der Waals surface area (Å²) < 4.78 is 6.02. The van der Waals surface area contributed by atoms with Crippen molar-refractivity contribution in [3.8, 4) is 0 Å². The number of ether oxygens (including phenoxy) is 1. The third-order valence-corrected chi connectivity index (χ3v) is 12.0. The van der Waals surface area contributed by atoms with Gasteiger partial charge in [-0.2, -0.15) is 0 Å². The van der Waals surface area contributed by atoms with E-state index in [1.54, 1.807) is 5.57 Å². The highest BCUT2D eigenvalue weighted by atomic mass is 16.5. The second kappa shape index (κ2) is 12.6. The van der Waals surface area contributed by atoms with Gasteiger partial charge < -0.3 is 4.74 Å². The lowest BCUT2D eigenvalue weighted by Gasteiger charge is -2.58. The molecule has 212 valence electrons. The van der Waals surface area contributed by atoms with Gasteiger partial charge in [0.1, 0.15) is 6.10 Å². The molecule has 0 heterocycles. The van der Waals surface area contributed by atoms with E-state index in [-0.39, 0.29) is 12.1 Å². The average Bonchev–Trinajstić information content (AvgIpc) is 3.21. The molecule has 4 aliphatic carbocycles. The molecule has 5 unspecified atom stereocenters. The molecule has 4 aliphatic rings. The molecule has 2 heteroatoms. The SMILES string of the molecule is CCCCCCCC(=O)O[C@H]1CC[C@@]2(C)C(=CCC3C4CCC(C(C)CCCC(C)C)[C@@]4(C)CCC32)C1. The molecule has 37 heavy (non-hydrogen) atoms. The van der Waals surface area contributed by atoms with Crippen LogP contribution in [0.4, 0.5) is 0 Å². The van der Waals surface area contributed by atoms with Gasteiger partial charge in [0.2, 0.25) is 0 Å². The van der Waals surface area contributed by atoms with Crippen LogP contribution in [0.1, 0.15) is 151 Å². The van der Waals surface area contributed by atoms with Crippen molar-refractivity contribution < 1.29 is 9.53 Å². The number of fused-ring (bicyclic) bond motifs is 5. The largest absolute Gasteiger partial charge is 0.462 e. The quantitative estimate of drug-likeness (QED) is 0.148. The van der Waals surface area contributed by atoms with E-state index >= 15 is 0 Å². The van der Waals surface area contributed by atoms with E-state index in [0.29, 0.717) is 17.3 Å². The number of hydrogen-bond acceptors (Lipinski definition) is 2. The number of unbranched alkanes of at least 4 members (excludes halogenated alkanes) is 4. The molecule has 0 aromatic rings. The van der Waals surface area contributed by atoms with Crippen LogP contribution in [-0.4, -0.2) is 12.1 Å². The molecular weight excluding hydrogens is 452 g/mol. The van der Waals surface area contributed by atoms with Crippen LogP contribution < -0.4 is 0 Å². The van der Waals surface area contributed by atoms with E-state index in [9.17, 15) is 4.79 Å². The van der Waals surface area contributed by atoms with Crippen molar-refractivity contribution in [3.05, 3.63) is 11.6 Å². The first-order valence-corrected chi connectivity index (χ1v) is 16.6. The summed E-state index contributed by atoms with van der Waals surface area (Å²) in [6.07, 6.45) is 23.9. The van der Waals surface area contributed by atoms with Crippen LogP contribution in [0, 0.1) is 46.3 Å². The Bertz CT molecular complexity index is 782. The molecule has 0 aliphatic heterocycles. The van der Waals surface area contributed by atoms with Crippen LogP contribution in [0.5, 0.6) is 0 Å². The fourth-order valence-corrected chi connectivity index (χ4v) is 9.87. The lowest BCUT2D eigenvalue weighted by molar-refractivity contribution is -0.151. The van der Waals surface area contributed by atoms with Crippen LogP contribution in [0.3, 0.4) is 0 Å². The molecule has 3 saturated carbocycles. The van der Waals surface area contributed by atoms with Crippen molar-refractivity contribution in [2.75, 3.05) is 0 Å². The zero-order chi connectivity index (χ0) is 26.6. The van der Waals surface area contributed by atoms with Gasteiger partial charge >= 0.3 is 5.97 Å². The maximum Gasteiger partial charge on any atom is 0.306 e. The standard InChI is InChI=1S/C35H60O2/c1-7-8-9-10-11-15-33(36)37-28-20-22-34(5)27(24-28)16-17-29-31-19-18-30(26(4)14-12-13-25(2)3)35(31,6)23-21-32(29)34/h16,25-26,28-32H,7-15,17-24H2,1-6H3/t26?,28-,29?,30?,31?,32?,34-,35+/m0/s1. The van der Waals surface area contributed by atoms with Crippen molar-refractivity contribution in [1.29, 1.82) is 0 Å². The molecule has 8 atom stereocenters. The van der Waals surface area contributed by atoms with E-state index in [4.69, 9.17) is 4.74 Å². The summed E-state index contributed by atoms with van der Waals surface area (Å²) in [7, 11) is 0. The Balaban J connectivity index is 1.34. The minimum absolute atomic E-state index is 0.0485. The van der Waals surface area contributed by atoms with Gasteiger partial charge in [-0.3, -0.25) is 4.79 Å². The zero-order valence-electron chi connectivity index (χ0n) is 25.5. The first-order valence-electron chi connectivity index (χ1n) is 16.6. The average molecular weight is 513 g/mol. The van der Waals surface area contributed by atoms with Crippen molar-refractivity contribution >= 4 is 5.97 Å². The van der Waals surface area contributed by atoms with Gasteiger partial charge in [0, 0.05) is 12.8 Å². The lowest BCUT2D eigenvalue weighted by atomic mass is 9.47. The molecule has 0 radical (unpaired) electrons. The summed E-state index contributed by atoms with van der Waals surface area (Å²) >= 11 is 0. The molecule has 2 nitrogen and oxygen atoms in total. The Labute approximate surface area is 230 Å². The third kappa shape index (κ3) is 6.35. The fourth-order valence-electron chi connectivity index (χ4n) is 9.87. The number of allylic oxidation sites excluding steroid dienone is 1. The Kier molecular flexibility index (Phi) is 9.94. The van der Waals surface area contributed by atoms with E-state index in [1.165, 1.54) is 77.0 Å². The van der Waals surface area contributed by atoms with Crippen molar-refractivity contribution in [1.82, 2.24) is 0 Å². The number of esters is 1. The van der Waals surface area contributed by atoms with E-state index in [1.807, 2.05) is 0 Å². The van der Waals surface area contributed by atoms with Gasteiger partial charge in [0.25, 0.3) is 0 Å². The van der Waals surface area contributed by atoms with Crippen LogP contribution in [-0.2, 0) is 9.53 Å². The second-order valence-electron chi connectivity index (χ2n) is 14.8. The van der Waals surface area contributed by atoms with Crippen LogP contribution in [0.15, 0.2) is 11.6 Å². The highest BCUT2D eigenvalue weighted by Gasteiger charge is 2.59. The van der Waals surface area contributed by atoms with Crippen LogP contribution in [0.25, 0.3) is 0 Å². The Morgan fingerprint density at radius 3 is 2.49 bits per heavy atom. The van der Waals surface area contributed by atoms with E-state index in [2.05, 4.69) is 47.6 Å². The first kappa shape index (κ1) is 29.2. The van der Waals surface area contributed by atoms with Crippen molar-refractivity contribution in [2.45, 2.75) is 157 Å². The molecule has 0 spiro atoms. The number of rotatable bonds is 12. The van der Waals surface area contributed by atoms with E-state index in [0.717, 1.165) is 61.2 Å². The van der Waals surface area contributed by atoms with Crippen LogP contribution >= 0.6 is 0 Å². The van der Waals surface area contributed by atoms with Crippen LogP contribution in [0.2, 0.25) is 0 Å². The Morgan fingerprint density at radius 2 is 1.73 bits per heavy atom. The molecular formula is C35H60O2. The summed E-state index contributed by atoms with van der Waals surface area (Å²) in [6.45, 7) is 14.9. The lowest BCUT2D eigenvalue weighted by Crippen LogP contribution is -2.51. The monoisotopic (exact) mass is 512 g/mol. The Hall–Kier alpha value is -0.790. The third-order valence-electron chi connectivity index (χ3n) is 12.0. The predicted octanol–water partition coefficient (Wildman–Crippen LogP) is 10.3. The maximum absolute atomic E-state index is 12.5. The number of carbonyl (C=O) groups excluding carboxylic acids is 1. The molecule has 3 fully saturated rings. The smallest absolute Gasteiger partial charge is 0.306 e. The van der Waals surface area contributed by atoms with Gasteiger partial charge in [0.15, 0.2) is 0 Å². The summed E-state index contributed by atoms with van der Waals surface area (Å²) in [4.78, 5) is 12.5.